The van der Waals surface area contributed by atoms with E-state index in [9.17, 15) is 32.7 Å². The molecule has 2 unspecified atom stereocenters. The number of aromatic hydroxyl groups is 1. The lowest BCUT2D eigenvalue weighted by Gasteiger charge is -2.12. The number of aldehydes is 2. The number of hydrogen-bond donors (Lipinski definition) is 5. The molecule has 1 aliphatic rings. The number of alkyl carbamates (subject to hydrolysis) is 1. The molecule has 0 aliphatic heterocycles. The van der Waals surface area contributed by atoms with E-state index in [4.69, 9.17) is 19.4 Å². The van der Waals surface area contributed by atoms with Crippen molar-refractivity contribution in [3.05, 3.63) is 35.5 Å². The minimum atomic E-state index is -5.08. The van der Waals surface area contributed by atoms with Gasteiger partial charge in [0.2, 0.25) is 0 Å². The molecule has 5 N–H and O–H groups in total. The van der Waals surface area contributed by atoms with Crippen LogP contribution in [0.25, 0.3) is 0 Å². The Kier molecular flexibility index (Phi) is 13.9. The van der Waals surface area contributed by atoms with Crippen LogP contribution in [0.2, 0.25) is 0 Å². The van der Waals surface area contributed by atoms with Gasteiger partial charge in [0.1, 0.15) is 30.0 Å². The van der Waals surface area contributed by atoms with Crippen molar-refractivity contribution >= 4 is 30.5 Å². The number of hydrogen-bond acceptors (Lipinski definition) is 9. The second-order valence-electron chi connectivity index (χ2n) is 8.01. The molecule has 39 heavy (non-hydrogen) atoms. The predicted octanol–water partition coefficient (Wildman–Crippen LogP) is 3.64. The molecule has 1 heterocycles. The molecular formula is C24H31F3N4O8. The van der Waals surface area contributed by atoms with Crippen molar-refractivity contribution < 1.29 is 52.0 Å². The van der Waals surface area contributed by atoms with Crippen LogP contribution in [0.3, 0.4) is 0 Å². The Labute approximate surface area is 221 Å². The Bertz CT molecular complexity index is 1080. The van der Waals surface area contributed by atoms with Crippen molar-refractivity contribution in [2.75, 3.05) is 25.5 Å². The quantitative estimate of drug-likeness (QED) is 0.284. The summed E-state index contributed by atoms with van der Waals surface area (Å²) in [4.78, 5) is 40.9. The standard InChI is InChI=1S/C13H22N4O2.C9H8O4.C2HF3O2/c1-3-6-15-13(18)19-10-5-4-9(7-10)11-8-12(14-2)17-16-11;10-4-5-13-9-3-1-2-8(12)7(9)6-11;3-2(4,5)1(6)7/h8-10H,3-7H2,1-2H3,(H,15,18)(H2,14,16,17);1-4,6,12H,5H2;(H,6,7). The van der Waals surface area contributed by atoms with Gasteiger partial charge in [-0.1, -0.05) is 13.0 Å². The summed E-state index contributed by atoms with van der Waals surface area (Å²) in [6, 6.07) is 6.43. The van der Waals surface area contributed by atoms with Crippen LogP contribution < -0.4 is 15.4 Å². The number of halogens is 3. The molecule has 0 bridgehead atoms. The fourth-order valence-corrected chi connectivity index (χ4v) is 3.32. The number of carbonyl (C=O) groups is 4. The fourth-order valence-electron chi connectivity index (χ4n) is 3.32. The van der Waals surface area contributed by atoms with Gasteiger partial charge >= 0.3 is 18.2 Å². The fraction of sp³-hybridized carbons (Fsp3) is 0.458. The van der Waals surface area contributed by atoms with Crippen molar-refractivity contribution in [3.63, 3.8) is 0 Å². The van der Waals surface area contributed by atoms with E-state index in [-0.39, 0.29) is 35.9 Å². The van der Waals surface area contributed by atoms with Crippen molar-refractivity contribution in [2.24, 2.45) is 0 Å². The number of carbonyl (C=O) groups excluding carboxylic acids is 3. The summed E-state index contributed by atoms with van der Waals surface area (Å²) in [5.74, 6) is -1.45. The van der Waals surface area contributed by atoms with Gasteiger partial charge in [0.25, 0.3) is 0 Å². The van der Waals surface area contributed by atoms with E-state index in [1.807, 2.05) is 20.0 Å². The Morgan fingerprint density at radius 1 is 1.26 bits per heavy atom. The van der Waals surface area contributed by atoms with E-state index in [0.717, 1.165) is 37.2 Å². The number of nitrogens with one attached hydrogen (secondary N) is 3. The zero-order chi connectivity index (χ0) is 29.4. The first-order valence-corrected chi connectivity index (χ1v) is 11.8. The number of alkyl halides is 3. The van der Waals surface area contributed by atoms with Crippen LogP contribution in [0, 0.1) is 0 Å². The molecular weight excluding hydrogens is 529 g/mol. The number of aromatic amines is 1. The molecule has 12 nitrogen and oxygen atoms in total. The van der Waals surface area contributed by atoms with Crippen LogP contribution in [-0.2, 0) is 14.3 Å². The van der Waals surface area contributed by atoms with Crippen molar-refractivity contribution in [2.45, 2.75) is 50.8 Å². The van der Waals surface area contributed by atoms with Gasteiger partial charge in [-0.15, -0.1) is 0 Å². The number of carboxylic acid groups (broad SMARTS) is 1. The first-order valence-electron chi connectivity index (χ1n) is 11.8. The van der Waals surface area contributed by atoms with Gasteiger partial charge in [-0.05, 0) is 37.8 Å². The number of rotatable bonds is 9. The van der Waals surface area contributed by atoms with Gasteiger partial charge in [0, 0.05) is 31.3 Å². The number of amides is 1. The molecule has 0 radical (unpaired) electrons. The molecule has 15 heteroatoms. The van der Waals surface area contributed by atoms with Crippen LogP contribution in [0.15, 0.2) is 24.3 Å². The monoisotopic (exact) mass is 560 g/mol. The number of carboxylic acids is 1. The maximum atomic E-state index is 11.5. The van der Waals surface area contributed by atoms with Crippen molar-refractivity contribution in [1.29, 1.82) is 0 Å². The topological polar surface area (TPSA) is 180 Å². The molecule has 1 aromatic carbocycles. The Hall–Kier alpha value is -4.30. The predicted molar refractivity (Wildman–Crippen MR) is 132 cm³/mol. The van der Waals surface area contributed by atoms with Crippen LogP contribution >= 0.6 is 0 Å². The molecule has 0 spiro atoms. The van der Waals surface area contributed by atoms with E-state index in [1.54, 1.807) is 0 Å². The number of phenolic OH excluding ortho intramolecular Hbond substituents is 1. The summed E-state index contributed by atoms with van der Waals surface area (Å²) >= 11 is 0. The second kappa shape index (κ2) is 16.5. The molecule has 1 amide bonds. The number of aromatic nitrogens is 2. The maximum Gasteiger partial charge on any atom is 0.490 e. The third-order valence-corrected chi connectivity index (χ3v) is 5.18. The number of H-pyrrole nitrogens is 1. The summed E-state index contributed by atoms with van der Waals surface area (Å²) in [6.07, 6.45) is -0.589. The van der Waals surface area contributed by atoms with Gasteiger partial charge in [-0.25, -0.2) is 9.59 Å². The number of ether oxygens (including phenoxy) is 2. The zero-order valence-corrected chi connectivity index (χ0v) is 21.3. The average Bonchev–Trinajstić information content (AvgIpc) is 3.56. The smallest absolute Gasteiger partial charge is 0.490 e. The van der Waals surface area contributed by atoms with E-state index < -0.39 is 12.1 Å². The average molecular weight is 561 g/mol. The lowest BCUT2D eigenvalue weighted by Crippen LogP contribution is -2.28. The van der Waals surface area contributed by atoms with Gasteiger partial charge in [0.15, 0.2) is 12.6 Å². The molecule has 3 rings (SSSR count). The van der Waals surface area contributed by atoms with Crippen molar-refractivity contribution in [1.82, 2.24) is 15.5 Å². The largest absolute Gasteiger partial charge is 0.507 e. The third kappa shape index (κ3) is 11.7. The summed E-state index contributed by atoms with van der Waals surface area (Å²) in [7, 11) is 1.85. The van der Waals surface area contributed by atoms with Crippen molar-refractivity contribution in [3.8, 4) is 11.5 Å². The highest BCUT2D eigenvalue weighted by atomic mass is 19.4. The molecule has 1 fully saturated rings. The SMILES string of the molecule is CCCNC(=O)OC1CCC(c2cc(NC)n[nH]2)C1.O=C(O)C(F)(F)F.O=CCOc1cccc(O)c1C=O. The molecule has 1 aliphatic carbocycles. The van der Waals surface area contributed by atoms with Gasteiger partial charge < -0.3 is 30.3 Å². The van der Waals surface area contributed by atoms with E-state index in [2.05, 4.69) is 20.8 Å². The number of nitrogens with zero attached hydrogens (tertiary/aromatic N) is 1. The summed E-state index contributed by atoms with van der Waals surface area (Å²) < 4.78 is 42.0. The first-order chi connectivity index (χ1) is 18.5. The second-order valence-corrected chi connectivity index (χ2v) is 8.01. The van der Waals surface area contributed by atoms with Gasteiger partial charge in [-0.3, -0.25) is 14.7 Å². The molecule has 216 valence electrons. The van der Waals surface area contributed by atoms with E-state index in [1.165, 1.54) is 18.2 Å². The molecule has 1 aromatic heterocycles. The highest BCUT2D eigenvalue weighted by Crippen LogP contribution is 2.35. The Morgan fingerprint density at radius 2 is 1.95 bits per heavy atom. The first kappa shape index (κ1) is 32.7. The highest BCUT2D eigenvalue weighted by molar-refractivity contribution is 5.83. The Balaban J connectivity index is 0.000000329. The zero-order valence-electron chi connectivity index (χ0n) is 21.3. The van der Waals surface area contributed by atoms with E-state index in [0.29, 0.717) is 25.0 Å². The molecule has 2 atom stereocenters. The Morgan fingerprint density at radius 3 is 2.49 bits per heavy atom. The third-order valence-electron chi connectivity index (χ3n) is 5.18. The number of phenols is 1. The summed E-state index contributed by atoms with van der Waals surface area (Å²) in [5.41, 5.74) is 1.17. The summed E-state index contributed by atoms with van der Waals surface area (Å²) in [6.45, 7) is 2.55. The van der Waals surface area contributed by atoms with Crippen LogP contribution in [-0.4, -0.2) is 77.5 Å². The maximum absolute atomic E-state index is 11.5. The highest BCUT2D eigenvalue weighted by Gasteiger charge is 2.38. The van der Waals surface area contributed by atoms with Gasteiger partial charge in [0.05, 0.1) is 5.56 Å². The van der Waals surface area contributed by atoms with Crippen LogP contribution in [0.1, 0.15) is 54.6 Å². The van der Waals surface area contributed by atoms with Gasteiger partial charge in [-0.2, -0.15) is 18.3 Å². The molecule has 2 aromatic rings. The lowest BCUT2D eigenvalue weighted by molar-refractivity contribution is -0.192. The van der Waals surface area contributed by atoms with Crippen LogP contribution in [0.5, 0.6) is 11.5 Å². The normalized spacial score (nSPS) is 15.9. The van der Waals surface area contributed by atoms with E-state index >= 15 is 0 Å². The molecule has 0 saturated heterocycles. The van der Waals surface area contributed by atoms with Crippen LogP contribution in [0.4, 0.5) is 23.8 Å². The number of benzene rings is 1. The number of anilines is 1. The number of aliphatic carboxylic acids is 1. The molecule has 1 saturated carbocycles. The minimum Gasteiger partial charge on any atom is -0.507 e. The minimum absolute atomic E-state index is 0.0168. The lowest BCUT2D eigenvalue weighted by atomic mass is 10.0. The summed E-state index contributed by atoms with van der Waals surface area (Å²) in [5, 5.41) is 29.2.